The highest BCUT2D eigenvalue weighted by Gasteiger charge is 2.13. The lowest BCUT2D eigenvalue weighted by atomic mass is 9.99. The average molecular weight is 393 g/mol. The van der Waals surface area contributed by atoms with E-state index in [1.807, 2.05) is 73.1 Å². The Morgan fingerprint density at radius 1 is 0.767 bits per heavy atom. The molecule has 146 valence electrons. The minimum atomic E-state index is -0.284. The van der Waals surface area contributed by atoms with Gasteiger partial charge in [-0.05, 0) is 42.0 Å². The molecule has 0 radical (unpaired) electrons. The number of fused-ring (bicyclic) bond motifs is 1. The maximum absolute atomic E-state index is 12.2. The van der Waals surface area contributed by atoms with Crippen molar-refractivity contribution in [2.45, 2.75) is 0 Å². The average Bonchev–Trinajstić information content (AvgIpc) is 3.44. The molecular weight excluding hydrogens is 374 g/mol. The Kier molecular flexibility index (Phi) is 4.50. The van der Waals surface area contributed by atoms with Gasteiger partial charge in [-0.2, -0.15) is 5.10 Å². The number of aromatic amines is 2. The van der Waals surface area contributed by atoms with E-state index in [9.17, 15) is 4.79 Å². The molecule has 0 aliphatic rings. The fraction of sp³-hybridized carbons (Fsp3) is 0. The number of H-pyrrole nitrogens is 2. The number of nitrogens with one attached hydrogen (secondary N) is 4. The van der Waals surface area contributed by atoms with Crippen molar-refractivity contribution in [3.63, 3.8) is 0 Å². The molecule has 6 nitrogen and oxygen atoms in total. The molecule has 0 fully saturated rings. The molecule has 2 heterocycles. The van der Waals surface area contributed by atoms with Crippen LogP contribution in [0.1, 0.15) is 0 Å². The van der Waals surface area contributed by atoms with Gasteiger partial charge in [0.25, 0.3) is 0 Å². The second-order valence-electron chi connectivity index (χ2n) is 6.91. The Morgan fingerprint density at radius 3 is 2.33 bits per heavy atom. The molecular formula is C24H19N5O. The molecule has 0 bridgehead atoms. The van der Waals surface area contributed by atoms with Crippen LogP contribution in [0.3, 0.4) is 0 Å². The van der Waals surface area contributed by atoms with Crippen LogP contribution in [0.25, 0.3) is 33.3 Å². The predicted octanol–water partition coefficient (Wildman–Crippen LogP) is 5.87. The zero-order chi connectivity index (χ0) is 20.3. The van der Waals surface area contributed by atoms with Crippen LogP contribution in [0.4, 0.5) is 16.2 Å². The first-order valence-corrected chi connectivity index (χ1v) is 9.62. The molecule has 2 aromatic heterocycles. The van der Waals surface area contributed by atoms with Gasteiger partial charge in [0.1, 0.15) is 0 Å². The van der Waals surface area contributed by atoms with Crippen molar-refractivity contribution in [1.82, 2.24) is 15.2 Å². The van der Waals surface area contributed by atoms with Crippen LogP contribution in [-0.4, -0.2) is 21.2 Å². The van der Waals surface area contributed by atoms with Gasteiger partial charge in [-0.25, -0.2) is 4.79 Å². The molecule has 3 aromatic carbocycles. The smallest absolute Gasteiger partial charge is 0.323 e. The molecule has 0 saturated carbocycles. The fourth-order valence-electron chi connectivity index (χ4n) is 3.56. The van der Waals surface area contributed by atoms with Crippen molar-refractivity contribution >= 4 is 28.3 Å². The molecule has 0 spiro atoms. The molecule has 5 rings (SSSR count). The molecule has 30 heavy (non-hydrogen) atoms. The number of anilines is 2. The summed E-state index contributed by atoms with van der Waals surface area (Å²) in [4.78, 5) is 15.4. The number of urea groups is 1. The molecule has 0 saturated heterocycles. The monoisotopic (exact) mass is 393 g/mol. The number of para-hydroxylation sites is 1. The molecule has 0 unspecified atom stereocenters. The van der Waals surface area contributed by atoms with Gasteiger partial charge in [0, 0.05) is 45.8 Å². The summed E-state index contributed by atoms with van der Waals surface area (Å²) < 4.78 is 0. The molecule has 0 atom stereocenters. The van der Waals surface area contributed by atoms with E-state index >= 15 is 0 Å². The Hall–Kier alpha value is -4.32. The highest BCUT2D eigenvalue weighted by atomic mass is 16.2. The largest absolute Gasteiger partial charge is 0.361 e. The van der Waals surface area contributed by atoms with Crippen molar-refractivity contribution < 1.29 is 4.79 Å². The fourth-order valence-corrected chi connectivity index (χ4v) is 3.56. The summed E-state index contributed by atoms with van der Waals surface area (Å²) in [6.07, 6.45) is 3.85. The number of benzene rings is 3. The molecule has 2 amide bonds. The number of aromatic nitrogens is 3. The summed E-state index contributed by atoms with van der Waals surface area (Å²) in [6.45, 7) is 0. The molecule has 6 heteroatoms. The van der Waals surface area contributed by atoms with E-state index in [0.717, 1.165) is 39.0 Å². The van der Waals surface area contributed by atoms with Gasteiger partial charge in [-0.15, -0.1) is 0 Å². The quantitative estimate of drug-likeness (QED) is 0.308. The summed E-state index contributed by atoms with van der Waals surface area (Å²) in [7, 11) is 0. The third kappa shape index (κ3) is 3.42. The van der Waals surface area contributed by atoms with Crippen molar-refractivity contribution in [3.05, 3.63) is 91.3 Å². The van der Waals surface area contributed by atoms with Gasteiger partial charge in [-0.1, -0.05) is 42.5 Å². The summed E-state index contributed by atoms with van der Waals surface area (Å²) in [5.74, 6) is 0. The number of carbonyl (C=O) groups excluding carboxylic acids is 1. The third-order valence-corrected chi connectivity index (χ3v) is 4.97. The van der Waals surface area contributed by atoms with Crippen LogP contribution >= 0.6 is 0 Å². The van der Waals surface area contributed by atoms with Crippen molar-refractivity contribution in [3.8, 4) is 22.4 Å². The first-order chi connectivity index (χ1) is 14.8. The molecule has 0 aliphatic heterocycles. The third-order valence-electron chi connectivity index (χ3n) is 4.97. The lowest BCUT2D eigenvalue weighted by Gasteiger charge is -2.09. The predicted molar refractivity (Wildman–Crippen MR) is 120 cm³/mol. The second kappa shape index (κ2) is 7.60. The van der Waals surface area contributed by atoms with E-state index in [2.05, 4.69) is 44.0 Å². The highest BCUT2D eigenvalue weighted by Crippen LogP contribution is 2.34. The van der Waals surface area contributed by atoms with Gasteiger partial charge in [0.2, 0.25) is 0 Å². The highest BCUT2D eigenvalue weighted by molar-refractivity contribution is 6.00. The molecule has 5 aromatic rings. The van der Waals surface area contributed by atoms with E-state index in [1.165, 1.54) is 0 Å². The Morgan fingerprint density at radius 2 is 1.53 bits per heavy atom. The minimum Gasteiger partial charge on any atom is -0.361 e. The SMILES string of the molecule is O=C(Nc1ccccc1)Nc1ccc(-c2n[nH]cc2-c2cccc3[nH]ccc23)cc1. The van der Waals surface area contributed by atoms with Crippen molar-refractivity contribution in [2.24, 2.45) is 0 Å². The van der Waals surface area contributed by atoms with Gasteiger partial charge in [0.05, 0.1) is 5.69 Å². The topological polar surface area (TPSA) is 85.6 Å². The maximum atomic E-state index is 12.2. The van der Waals surface area contributed by atoms with Crippen LogP contribution in [-0.2, 0) is 0 Å². The number of hydrogen-bond acceptors (Lipinski definition) is 2. The van der Waals surface area contributed by atoms with Crippen LogP contribution in [0.15, 0.2) is 91.3 Å². The van der Waals surface area contributed by atoms with E-state index in [1.54, 1.807) is 0 Å². The van der Waals surface area contributed by atoms with E-state index in [-0.39, 0.29) is 6.03 Å². The van der Waals surface area contributed by atoms with E-state index < -0.39 is 0 Å². The standard InChI is InChI=1S/C24H19N5O/c30-24(27-17-5-2-1-3-6-17)28-18-11-9-16(10-12-18)23-21(15-26-29-23)19-7-4-8-22-20(19)13-14-25-22/h1-15,25H,(H,26,29)(H2,27,28,30). The van der Waals surface area contributed by atoms with Crippen LogP contribution < -0.4 is 10.6 Å². The Labute approximate surface area is 173 Å². The summed E-state index contributed by atoms with van der Waals surface area (Å²) >= 11 is 0. The van der Waals surface area contributed by atoms with Crippen molar-refractivity contribution in [2.75, 3.05) is 10.6 Å². The summed E-state index contributed by atoms with van der Waals surface area (Å²) in [5.41, 5.74) is 6.51. The Balaban J connectivity index is 1.37. The number of rotatable bonds is 4. The van der Waals surface area contributed by atoms with Crippen LogP contribution in [0.5, 0.6) is 0 Å². The normalized spacial score (nSPS) is 10.8. The number of amides is 2. The maximum Gasteiger partial charge on any atom is 0.323 e. The molecule has 4 N–H and O–H groups in total. The summed E-state index contributed by atoms with van der Waals surface area (Å²) in [5, 5.41) is 14.3. The first kappa shape index (κ1) is 17.8. The number of nitrogens with zero attached hydrogens (tertiary/aromatic N) is 1. The van der Waals surface area contributed by atoms with Crippen LogP contribution in [0.2, 0.25) is 0 Å². The van der Waals surface area contributed by atoms with Gasteiger partial charge < -0.3 is 15.6 Å². The second-order valence-corrected chi connectivity index (χ2v) is 6.91. The van der Waals surface area contributed by atoms with E-state index in [0.29, 0.717) is 5.69 Å². The van der Waals surface area contributed by atoms with Crippen molar-refractivity contribution in [1.29, 1.82) is 0 Å². The van der Waals surface area contributed by atoms with Gasteiger partial charge in [-0.3, -0.25) is 5.10 Å². The lowest BCUT2D eigenvalue weighted by Crippen LogP contribution is -2.19. The zero-order valence-corrected chi connectivity index (χ0v) is 16.0. The number of carbonyl (C=O) groups is 1. The van der Waals surface area contributed by atoms with Gasteiger partial charge >= 0.3 is 6.03 Å². The zero-order valence-electron chi connectivity index (χ0n) is 16.0. The first-order valence-electron chi connectivity index (χ1n) is 9.62. The van der Waals surface area contributed by atoms with E-state index in [4.69, 9.17) is 0 Å². The molecule has 0 aliphatic carbocycles. The lowest BCUT2D eigenvalue weighted by molar-refractivity contribution is 0.262. The summed E-state index contributed by atoms with van der Waals surface area (Å²) in [6, 6.07) is 24.9. The number of hydrogen-bond donors (Lipinski definition) is 4. The Bertz CT molecular complexity index is 1300. The van der Waals surface area contributed by atoms with Crippen LogP contribution in [0, 0.1) is 0 Å². The minimum absolute atomic E-state index is 0.284. The van der Waals surface area contributed by atoms with Gasteiger partial charge in [0.15, 0.2) is 0 Å².